The minimum Gasteiger partial charge on any atom is -0.389 e. The highest BCUT2D eigenvalue weighted by Gasteiger charge is 2.40. The third kappa shape index (κ3) is 46.4. The van der Waals surface area contributed by atoms with Gasteiger partial charge in [0, 0.05) is 141 Å². The van der Waals surface area contributed by atoms with Crippen molar-refractivity contribution in [1.29, 1.82) is 0 Å². The highest BCUT2D eigenvalue weighted by Crippen LogP contribution is 2.33. The molecular weight excluding hydrogens is 1940 g/mol. The molecule has 0 aliphatic heterocycles. The quantitative estimate of drug-likeness (QED) is 0.0124. The van der Waals surface area contributed by atoms with E-state index in [0.717, 1.165) is 120 Å². The van der Waals surface area contributed by atoms with Gasteiger partial charge in [0.25, 0.3) is 0 Å². The lowest BCUT2D eigenvalue weighted by Gasteiger charge is -2.33. The predicted octanol–water partition coefficient (Wildman–Crippen LogP) is 10.3. The van der Waals surface area contributed by atoms with E-state index < -0.39 is 140 Å². The molecule has 0 radical (unpaired) electrons. The van der Waals surface area contributed by atoms with Crippen LogP contribution in [0.2, 0.25) is 0 Å². The maximum absolute atomic E-state index is 14.1. The zero-order chi connectivity index (χ0) is 107. The van der Waals surface area contributed by atoms with Crippen LogP contribution < -0.4 is 37.2 Å². The van der Waals surface area contributed by atoms with Crippen molar-refractivity contribution in [3.8, 4) is 37.0 Å². The fourth-order valence-electron chi connectivity index (χ4n) is 18.6. The number of nitrogens with one attached hydrogen (secondary N) is 7. The molecule has 10 rings (SSSR count). The molecule has 3 aliphatic carbocycles. The molecular formula is C111H156F3N15O15S3. The molecule has 0 saturated heterocycles. The number of hydrogen-bond donors (Lipinski definition) is 13. The standard InChI is InChI=1S/C41H55N5O5S.C35H50FN5O5S.C34H49N5O5S.CH2F2/c1-4-14-37(47)39(49)35(24-31-17-10-6-11-18-31)43-41(51)36(26-34-28-52-29-42-34)44-40(50)33(23-30-15-8-5-9-16-30)25-38(48)46(3)22-21-45(2)27-32-19-12-7-13-20-32;1-4-11-31(42)33(44)29(19-26-14-9-6-10-15-26)38-35(46)30(21-28-22-47-24-37-28)39-34(45)27(18-25-12-7-5-8-13-25)20-32(43)41(3)17-16-40(2)23-36;1-4-11-30(40)32(42)28(19-25-14-9-6-10-15-25)37-34(44)29(21-27-22-45-23-36-27)38-33(43)26(18-24-12-7-5-8-13-24)20-31(41)39(3)17-16-35-2;2-1-3/h1,5,7-9,12-13,15-16,19-20,28-29,31,33,35-37,39,47,49H,6,10-11,14,17-18,21-27H2,2-3H3,(H,43,51)(H,44,50);1,5,7-8,12-13,22,24,26-27,29-31,33,42,44H,6,9-11,14-21,23H2,2-3H3,(H,38,46)(H,39,45);1,5,7-8,12-13,22-23,25-26,28-30,32,35,40,42H,6,9-11,14-21H2,2-3H3,(H,37,44)(H,38,43);1H2/t33?,35?,36-,37?,39+;27?,29?,30-,31?,33?;26?,28?,29-,30?,32+;/m000./s1. The van der Waals surface area contributed by atoms with Gasteiger partial charge in [-0.1, -0.05) is 218 Å². The van der Waals surface area contributed by atoms with Gasteiger partial charge in [0.1, 0.15) is 43.2 Å². The molecule has 3 aromatic heterocycles. The molecule has 3 saturated carbocycles. The molecule has 13 N–H and O–H groups in total. The summed E-state index contributed by atoms with van der Waals surface area (Å²) in [4.78, 5) is 145. The summed E-state index contributed by atoms with van der Waals surface area (Å²) < 4.78 is 32.2. The number of alkyl halides is 3. The van der Waals surface area contributed by atoms with Crippen molar-refractivity contribution >= 4 is 87.2 Å². The van der Waals surface area contributed by atoms with Crippen molar-refractivity contribution < 1.29 is 87.0 Å². The van der Waals surface area contributed by atoms with E-state index in [0.29, 0.717) is 94.4 Å². The van der Waals surface area contributed by atoms with Gasteiger partial charge in [-0.3, -0.25) is 48.1 Å². The van der Waals surface area contributed by atoms with E-state index >= 15 is 0 Å². The molecule has 147 heavy (non-hydrogen) atoms. The van der Waals surface area contributed by atoms with E-state index in [1.807, 2.05) is 134 Å². The number of rotatable bonds is 57. The van der Waals surface area contributed by atoms with Crippen LogP contribution in [0.3, 0.4) is 0 Å². The molecule has 36 heteroatoms. The molecule has 3 aliphatic rings. The van der Waals surface area contributed by atoms with Gasteiger partial charge in [-0.15, -0.1) is 71.0 Å². The van der Waals surface area contributed by atoms with Gasteiger partial charge in [-0.2, -0.15) is 0 Å². The van der Waals surface area contributed by atoms with Gasteiger partial charge in [0.05, 0.1) is 87.8 Å². The first-order valence-electron chi connectivity index (χ1n) is 51.3. The molecule has 9 amide bonds. The Morgan fingerprint density at radius 3 is 0.905 bits per heavy atom. The average molecular weight is 2090 g/mol. The number of amides is 9. The Kier molecular flexibility index (Phi) is 58.1. The lowest BCUT2D eigenvalue weighted by atomic mass is 9.82. The number of thiazole rings is 3. The molecule has 15 atom stereocenters. The molecule has 4 aromatic carbocycles. The van der Waals surface area contributed by atoms with Crippen molar-refractivity contribution in [2.75, 3.05) is 95.3 Å². The van der Waals surface area contributed by atoms with Gasteiger partial charge in [0.2, 0.25) is 60.1 Å². The molecule has 3 heterocycles. The van der Waals surface area contributed by atoms with Gasteiger partial charge in [-0.05, 0) is 99.7 Å². The number of halogens is 3. The van der Waals surface area contributed by atoms with Crippen molar-refractivity contribution in [2.45, 2.75) is 272 Å². The minimum atomic E-state index is -1.75. The highest BCUT2D eigenvalue weighted by molar-refractivity contribution is 7.08. The van der Waals surface area contributed by atoms with Crippen molar-refractivity contribution in [2.24, 2.45) is 35.5 Å². The largest absolute Gasteiger partial charge is 0.389 e. The summed E-state index contributed by atoms with van der Waals surface area (Å²) in [6, 6.07) is 33.1. The SMILES string of the molecule is C#CCC(O)C(O)C(CC1CCCCC1)NC(=O)[C@H](Cc1cscn1)NC(=O)C(CC(=O)N(C)CCN(C)CF)Cc1ccccc1.C#CCC(O)[C@H](O)C(CC1CCCCC1)NC(=O)[C@H](Cc1cscn1)NC(=O)C(CC(=O)N(C)CCN(C)Cc1ccccc1)Cc1ccccc1.C#CCC(O)[C@H](O)C(CC1CCCCC1)NC(=O)[C@H](Cc1cscn1)NC(=O)C(CC(=O)N(C)CCNC)Cc1ccccc1.FCF. The summed E-state index contributed by atoms with van der Waals surface area (Å²) in [6.07, 6.45) is 27.0. The normalized spacial score (nSPS) is 16.4. The van der Waals surface area contributed by atoms with Crippen LogP contribution in [0.15, 0.2) is 154 Å². The number of aliphatic hydroxyl groups excluding tert-OH is 6. The third-order valence-corrected chi connectivity index (χ3v) is 29.3. The summed E-state index contributed by atoms with van der Waals surface area (Å²) in [5, 5.41) is 91.2. The number of hydrogen-bond acceptors (Lipinski definition) is 24. The Morgan fingerprint density at radius 1 is 0.374 bits per heavy atom. The van der Waals surface area contributed by atoms with Gasteiger partial charge in [0.15, 0.2) is 0 Å². The summed E-state index contributed by atoms with van der Waals surface area (Å²) in [5.74, 6) is 2.36. The number of carbonyl (C=O) groups is 9. The number of aromatic nitrogens is 3. The average Bonchev–Trinajstić information content (AvgIpc) is 1.36. The van der Waals surface area contributed by atoms with Crippen molar-refractivity contribution in [3.63, 3.8) is 0 Å². The first-order valence-corrected chi connectivity index (χ1v) is 54.1. The van der Waals surface area contributed by atoms with E-state index in [-0.39, 0.29) is 93.8 Å². The Bertz CT molecular complexity index is 5040. The lowest BCUT2D eigenvalue weighted by molar-refractivity contribution is -0.137. The number of nitrogens with zero attached hydrogens (tertiary/aromatic N) is 8. The summed E-state index contributed by atoms with van der Waals surface area (Å²) in [7, 11) is 10.5. The number of carbonyl (C=O) groups excluding carboxylic acids is 9. The Morgan fingerprint density at radius 2 is 0.646 bits per heavy atom. The first kappa shape index (κ1) is 123. The summed E-state index contributed by atoms with van der Waals surface area (Å²) in [6.45, 7) is 1.28. The molecule has 804 valence electrons. The van der Waals surface area contributed by atoms with Crippen LogP contribution in [-0.4, -0.2) is 291 Å². The van der Waals surface area contributed by atoms with Crippen LogP contribution in [0.1, 0.15) is 193 Å². The monoisotopic (exact) mass is 2090 g/mol. The van der Waals surface area contributed by atoms with Gasteiger partial charge in [-0.25, -0.2) is 28.1 Å². The minimum absolute atomic E-state index is 0.0206. The molecule has 7 aromatic rings. The maximum atomic E-state index is 14.1. The van der Waals surface area contributed by atoms with E-state index in [4.69, 9.17) is 19.3 Å². The topological polar surface area (TPSA) is 414 Å². The third-order valence-electron chi connectivity index (χ3n) is 27.4. The second-order valence-corrected chi connectivity index (χ2v) is 41.2. The fraction of sp³-hybridized carbons (Fsp3) is 0.568. The Hall–Kier alpha value is -10.9. The van der Waals surface area contributed by atoms with Crippen LogP contribution in [0.25, 0.3) is 0 Å². The molecule has 0 bridgehead atoms. The van der Waals surface area contributed by atoms with Gasteiger partial charge < -0.3 is 87.5 Å². The van der Waals surface area contributed by atoms with E-state index in [1.54, 1.807) is 59.9 Å². The summed E-state index contributed by atoms with van der Waals surface area (Å²) in [5.41, 5.74) is 10.7. The molecule has 0 spiro atoms. The van der Waals surface area contributed by atoms with E-state index in [2.05, 4.69) is 87.0 Å². The van der Waals surface area contributed by atoms with E-state index in [9.17, 15) is 87.0 Å². The molecule has 30 nitrogen and oxygen atoms in total. The number of benzene rings is 4. The van der Waals surface area contributed by atoms with Crippen molar-refractivity contribution in [1.82, 2.24) is 76.7 Å². The Labute approximate surface area is 878 Å². The van der Waals surface area contributed by atoms with Crippen molar-refractivity contribution in [3.05, 3.63) is 193 Å². The van der Waals surface area contributed by atoms with Crippen LogP contribution in [0.4, 0.5) is 13.2 Å². The number of aliphatic hydroxyl groups is 6. The number of likely N-dealkylation sites (N-methyl/N-ethyl adjacent to an activating group) is 6. The predicted molar refractivity (Wildman–Crippen MR) is 569 cm³/mol. The van der Waals surface area contributed by atoms with Crippen LogP contribution in [0, 0.1) is 72.5 Å². The van der Waals surface area contributed by atoms with Crippen LogP contribution in [0.5, 0.6) is 0 Å². The van der Waals surface area contributed by atoms with Crippen LogP contribution in [-0.2, 0) is 88.2 Å². The zero-order valence-electron chi connectivity index (χ0n) is 86.0. The first-order chi connectivity index (χ1) is 70.8. The summed E-state index contributed by atoms with van der Waals surface area (Å²) >= 11 is 4.14. The number of terminal acetylenes is 3. The van der Waals surface area contributed by atoms with Gasteiger partial charge >= 0.3 is 0 Å². The van der Waals surface area contributed by atoms with E-state index in [1.165, 1.54) is 49.4 Å². The molecule has 10 unspecified atom stereocenters. The Balaban J connectivity index is 0.000000295. The lowest BCUT2D eigenvalue weighted by Crippen LogP contribution is -2.56. The van der Waals surface area contributed by atoms with Crippen LogP contribution >= 0.6 is 34.0 Å². The second-order valence-electron chi connectivity index (χ2n) is 39.0. The highest BCUT2D eigenvalue weighted by atomic mass is 32.1. The maximum Gasteiger partial charge on any atom is 0.243 e. The fourth-order valence-corrected chi connectivity index (χ4v) is 20.3. The smallest absolute Gasteiger partial charge is 0.243 e. The second kappa shape index (κ2) is 69.4. The molecule has 3 fully saturated rings. The zero-order valence-corrected chi connectivity index (χ0v) is 88.5.